The molecule has 0 saturated carbocycles. The Labute approximate surface area is 181 Å². The molecule has 0 aliphatic rings. The molecule has 10 heteroatoms. The molecule has 30 heavy (non-hydrogen) atoms. The summed E-state index contributed by atoms with van der Waals surface area (Å²) in [6, 6.07) is 15.1. The summed E-state index contributed by atoms with van der Waals surface area (Å²) in [5.41, 5.74) is -0.275. The van der Waals surface area contributed by atoms with Gasteiger partial charge in [-0.2, -0.15) is 18.3 Å². The number of carbonyl (C=O) groups is 1. The highest BCUT2D eigenvalue weighted by atomic mass is 79.9. The number of fused-ring (bicyclic) bond motifs is 1. The molecule has 0 saturated heterocycles. The fourth-order valence-electron chi connectivity index (χ4n) is 2.78. The van der Waals surface area contributed by atoms with E-state index < -0.39 is 17.8 Å². The maximum absolute atomic E-state index is 13.7. The van der Waals surface area contributed by atoms with Crippen LogP contribution in [-0.2, 0) is 6.18 Å². The van der Waals surface area contributed by atoms with Crippen LogP contribution in [0.5, 0.6) is 0 Å². The Bertz CT molecular complexity index is 1240. The number of rotatable bonds is 3. The summed E-state index contributed by atoms with van der Waals surface area (Å²) in [5.74, 6) is -0.666. The van der Waals surface area contributed by atoms with Crippen molar-refractivity contribution < 1.29 is 18.0 Å². The highest BCUT2D eigenvalue weighted by Crippen LogP contribution is 2.32. The van der Waals surface area contributed by atoms with Crippen molar-refractivity contribution in [3.8, 4) is 11.3 Å². The number of halogens is 5. The third-order valence-electron chi connectivity index (χ3n) is 4.19. The molecule has 0 fully saturated rings. The molecule has 152 valence electrons. The van der Waals surface area contributed by atoms with E-state index in [0.717, 1.165) is 10.5 Å². The van der Waals surface area contributed by atoms with Crippen LogP contribution in [0.4, 0.5) is 18.9 Å². The Hall–Kier alpha value is -2.91. The van der Waals surface area contributed by atoms with E-state index in [9.17, 15) is 18.0 Å². The van der Waals surface area contributed by atoms with Gasteiger partial charge in [-0.1, -0.05) is 39.7 Å². The Kier molecular flexibility index (Phi) is 5.25. The molecular formula is C20H11BrClF3N4O. The number of alkyl halides is 3. The summed E-state index contributed by atoms with van der Waals surface area (Å²) < 4.78 is 42.4. The number of nitrogens with zero attached hydrogens (tertiary/aromatic N) is 3. The van der Waals surface area contributed by atoms with E-state index in [-0.39, 0.29) is 17.0 Å². The van der Waals surface area contributed by atoms with Gasteiger partial charge in [-0.15, -0.1) is 0 Å². The number of amides is 1. The van der Waals surface area contributed by atoms with Crippen LogP contribution < -0.4 is 5.32 Å². The van der Waals surface area contributed by atoms with E-state index in [1.54, 1.807) is 48.5 Å². The molecule has 0 bridgehead atoms. The van der Waals surface area contributed by atoms with Gasteiger partial charge in [0.1, 0.15) is 0 Å². The summed E-state index contributed by atoms with van der Waals surface area (Å²) in [6.45, 7) is 0. The van der Waals surface area contributed by atoms with Crippen LogP contribution in [0.25, 0.3) is 16.9 Å². The van der Waals surface area contributed by atoms with Gasteiger partial charge in [0.25, 0.3) is 5.91 Å². The van der Waals surface area contributed by atoms with Gasteiger partial charge in [0.05, 0.1) is 5.69 Å². The molecule has 4 rings (SSSR count). The zero-order valence-corrected chi connectivity index (χ0v) is 17.3. The minimum Gasteiger partial charge on any atom is -0.321 e. The predicted octanol–water partition coefficient (Wildman–Crippen LogP) is 6.08. The van der Waals surface area contributed by atoms with E-state index in [0.29, 0.717) is 20.8 Å². The Morgan fingerprint density at radius 3 is 2.33 bits per heavy atom. The summed E-state index contributed by atoms with van der Waals surface area (Å²) in [4.78, 5) is 16.7. The molecule has 0 spiro atoms. The summed E-state index contributed by atoms with van der Waals surface area (Å²) >= 11 is 9.09. The number of benzene rings is 2. The average molecular weight is 496 g/mol. The highest BCUT2D eigenvalue weighted by molar-refractivity contribution is 9.10. The van der Waals surface area contributed by atoms with Gasteiger partial charge in [-0.3, -0.25) is 4.79 Å². The molecule has 5 nitrogen and oxygen atoms in total. The number of aromatic nitrogens is 3. The average Bonchev–Trinajstić information content (AvgIpc) is 3.13. The second kappa shape index (κ2) is 7.73. The number of nitrogens with one attached hydrogen (secondary N) is 1. The molecule has 2 heterocycles. The second-order valence-corrected chi connectivity index (χ2v) is 7.64. The zero-order valence-electron chi connectivity index (χ0n) is 14.9. The molecule has 0 aliphatic carbocycles. The fraction of sp³-hybridized carbons (Fsp3) is 0.0500. The molecule has 1 N–H and O–H groups in total. The number of carbonyl (C=O) groups excluding carboxylic acids is 1. The van der Waals surface area contributed by atoms with Gasteiger partial charge in [0.2, 0.25) is 0 Å². The first kappa shape index (κ1) is 20.4. The van der Waals surface area contributed by atoms with Gasteiger partial charge in [0, 0.05) is 26.8 Å². The molecule has 1 amide bonds. The standard InChI is InChI=1S/C20H11BrClF3N4O/c21-12-3-1-11(2-4-12)15-9-17(20(23,24)25)29-18(27-15)10-16(28-29)19(30)26-14-7-5-13(22)6-8-14/h1-10H,(H,26,30). The molecule has 0 atom stereocenters. The molecule has 4 aromatic rings. The normalized spacial score (nSPS) is 11.6. The minimum atomic E-state index is -4.69. The SMILES string of the molecule is O=C(Nc1ccc(Cl)cc1)c1cc2nc(-c3ccc(Br)cc3)cc(C(F)(F)F)n2n1. The predicted molar refractivity (Wildman–Crippen MR) is 111 cm³/mol. The maximum Gasteiger partial charge on any atom is 0.433 e. The zero-order chi connectivity index (χ0) is 21.5. The van der Waals surface area contributed by atoms with Crippen LogP contribution in [0.1, 0.15) is 16.2 Å². The Morgan fingerprint density at radius 2 is 1.70 bits per heavy atom. The molecule has 0 radical (unpaired) electrons. The number of hydrogen-bond donors (Lipinski definition) is 1. The van der Waals surface area contributed by atoms with E-state index in [1.807, 2.05) is 0 Å². The van der Waals surface area contributed by atoms with E-state index in [4.69, 9.17) is 11.6 Å². The van der Waals surface area contributed by atoms with Crippen LogP contribution in [0, 0.1) is 0 Å². The van der Waals surface area contributed by atoms with Crippen molar-refractivity contribution >= 4 is 44.8 Å². The van der Waals surface area contributed by atoms with Crippen LogP contribution >= 0.6 is 27.5 Å². The van der Waals surface area contributed by atoms with Gasteiger partial charge in [-0.05, 0) is 42.5 Å². The molecule has 2 aromatic heterocycles. The lowest BCUT2D eigenvalue weighted by atomic mass is 10.1. The third kappa shape index (κ3) is 4.17. The number of hydrogen-bond acceptors (Lipinski definition) is 3. The van der Waals surface area contributed by atoms with E-state index >= 15 is 0 Å². The molecule has 2 aromatic carbocycles. The van der Waals surface area contributed by atoms with Crippen LogP contribution in [-0.4, -0.2) is 20.5 Å². The second-order valence-electron chi connectivity index (χ2n) is 6.29. The first-order chi connectivity index (χ1) is 14.2. The van der Waals surface area contributed by atoms with Gasteiger partial charge >= 0.3 is 6.18 Å². The van der Waals surface area contributed by atoms with E-state index in [2.05, 4.69) is 31.3 Å². The van der Waals surface area contributed by atoms with Crippen LogP contribution in [0.15, 0.2) is 65.1 Å². The lowest BCUT2D eigenvalue weighted by molar-refractivity contribution is -0.142. The van der Waals surface area contributed by atoms with Crippen molar-refractivity contribution in [3.63, 3.8) is 0 Å². The van der Waals surface area contributed by atoms with Gasteiger partial charge in [0.15, 0.2) is 17.0 Å². The van der Waals surface area contributed by atoms with Crippen molar-refractivity contribution in [2.75, 3.05) is 5.32 Å². The lowest BCUT2D eigenvalue weighted by Gasteiger charge is -2.11. The number of anilines is 1. The van der Waals surface area contributed by atoms with Gasteiger partial charge < -0.3 is 5.32 Å². The quantitative estimate of drug-likeness (QED) is 0.375. The van der Waals surface area contributed by atoms with Crippen molar-refractivity contribution in [1.29, 1.82) is 0 Å². The smallest absolute Gasteiger partial charge is 0.321 e. The summed E-state index contributed by atoms with van der Waals surface area (Å²) in [7, 11) is 0. The van der Waals surface area contributed by atoms with E-state index in [1.165, 1.54) is 6.07 Å². The molecule has 0 unspecified atom stereocenters. The molecular weight excluding hydrogens is 485 g/mol. The van der Waals surface area contributed by atoms with Crippen molar-refractivity contribution in [2.45, 2.75) is 6.18 Å². The fourth-order valence-corrected chi connectivity index (χ4v) is 3.17. The van der Waals surface area contributed by atoms with Gasteiger partial charge in [-0.25, -0.2) is 9.50 Å². The van der Waals surface area contributed by atoms with Crippen LogP contribution in [0.3, 0.4) is 0 Å². The summed E-state index contributed by atoms with van der Waals surface area (Å²) in [6.07, 6.45) is -4.69. The maximum atomic E-state index is 13.7. The first-order valence-corrected chi connectivity index (χ1v) is 9.69. The first-order valence-electron chi connectivity index (χ1n) is 8.51. The third-order valence-corrected chi connectivity index (χ3v) is 4.97. The summed E-state index contributed by atoms with van der Waals surface area (Å²) in [5, 5.41) is 6.89. The topological polar surface area (TPSA) is 59.3 Å². The van der Waals surface area contributed by atoms with Crippen molar-refractivity contribution in [2.24, 2.45) is 0 Å². The lowest BCUT2D eigenvalue weighted by Crippen LogP contribution is -2.15. The highest BCUT2D eigenvalue weighted by Gasteiger charge is 2.35. The minimum absolute atomic E-state index is 0.0935. The van der Waals surface area contributed by atoms with Crippen molar-refractivity contribution in [1.82, 2.24) is 14.6 Å². The van der Waals surface area contributed by atoms with Crippen molar-refractivity contribution in [3.05, 3.63) is 81.5 Å². The Morgan fingerprint density at radius 1 is 1.03 bits per heavy atom. The molecule has 0 aliphatic heterocycles. The monoisotopic (exact) mass is 494 g/mol. The Balaban J connectivity index is 1.77. The largest absolute Gasteiger partial charge is 0.433 e. The van der Waals surface area contributed by atoms with Crippen LogP contribution in [0.2, 0.25) is 5.02 Å².